The fourth-order valence-corrected chi connectivity index (χ4v) is 6.34. The van der Waals surface area contributed by atoms with E-state index >= 15 is 0 Å². The second-order valence-corrected chi connectivity index (χ2v) is 9.05. The molecule has 0 saturated carbocycles. The van der Waals surface area contributed by atoms with Crippen molar-refractivity contribution >= 4 is 18.4 Å². The van der Waals surface area contributed by atoms with Gasteiger partial charge in [-0.3, -0.25) is 0 Å². The Morgan fingerprint density at radius 2 is 1.22 bits per heavy atom. The van der Waals surface area contributed by atoms with Crippen LogP contribution in [0.15, 0.2) is 60.7 Å². The molecular formula is C17H18Si. The van der Waals surface area contributed by atoms with E-state index in [9.17, 15) is 0 Å². The number of terminal acetylenes is 1. The van der Waals surface area contributed by atoms with E-state index in [2.05, 4.69) is 67.9 Å². The molecule has 0 aliphatic carbocycles. The molecule has 0 saturated heterocycles. The molecule has 0 radical (unpaired) electrons. The smallest absolute Gasteiger partial charge is 0.126 e. The second kappa shape index (κ2) is 5.24. The average molecular weight is 250 g/mol. The molecule has 0 unspecified atom stereocenters. The van der Waals surface area contributed by atoms with Crippen LogP contribution in [0.3, 0.4) is 0 Å². The maximum absolute atomic E-state index is 5.98. The van der Waals surface area contributed by atoms with Crippen molar-refractivity contribution in [1.82, 2.24) is 0 Å². The minimum atomic E-state index is -2.07. The topological polar surface area (TPSA) is 0 Å². The van der Waals surface area contributed by atoms with E-state index in [0.29, 0.717) is 5.54 Å². The Bertz CT molecular complexity index is 495. The van der Waals surface area contributed by atoms with E-state index in [1.165, 1.54) is 10.4 Å². The molecule has 2 aromatic rings. The number of benzene rings is 2. The van der Waals surface area contributed by atoms with Gasteiger partial charge in [0, 0.05) is 0 Å². The highest BCUT2D eigenvalue weighted by Gasteiger charge is 2.38. The van der Waals surface area contributed by atoms with Gasteiger partial charge in [-0.15, -0.1) is 12.0 Å². The van der Waals surface area contributed by atoms with Crippen molar-refractivity contribution in [2.45, 2.75) is 19.4 Å². The Morgan fingerprint density at radius 1 is 0.833 bits per heavy atom. The lowest BCUT2D eigenvalue weighted by Crippen LogP contribution is -2.59. The van der Waals surface area contributed by atoms with Crippen molar-refractivity contribution in [2.24, 2.45) is 0 Å². The Labute approximate surface area is 111 Å². The summed E-state index contributed by atoms with van der Waals surface area (Å²) in [6, 6.07) is 21.1. The highest BCUT2D eigenvalue weighted by molar-refractivity contribution is 7.08. The normalized spacial score (nSPS) is 11.2. The predicted molar refractivity (Wildman–Crippen MR) is 81.8 cm³/mol. The molecule has 2 aromatic carbocycles. The fourth-order valence-electron chi connectivity index (χ4n) is 2.57. The molecule has 0 spiro atoms. The van der Waals surface area contributed by atoms with Crippen molar-refractivity contribution < 1.29 is 0 Å². The van der Waals surface area contributed by atoms with Crippen molar-refractivity contribution in [3.05, 3.63) is 60.7 Å². The molecule has 0 aliphatic rings. The first-order valence-corrected chi connectivity index (χ1v) is 8.38. The third-order valence-electron chi connectivity index (χ3n) is 3.55. The lowest BCUT2D eigenvalue weighted by molar-refractivity contribution is 1.04. The van der Waals surface area contributed by atoms with Crippen LogP contribution in [0.5, 0.6) is 0 Å². The summed E-state index contributed by atoms with van der Waals surface area (Å²) >= 11 is 0. The van der Waals surface area contributed by atoms with Gasteiger partial charge < -0.3 is 0 Å². The molecule has 0 bridgehead atoms. The van der Waals surface area contributed by atoms with Crippen molar-refractivity contribution in [1.29, 1.82) is 0 Å². The van der Waals surface area contributed by atoms with E-state index in [1.54, 1.807) is 0 Å². The van der Waals surface area contributed by atoms with Crippen LogP contribution in [0.4, 0.5) is 0 Å². The van der Waals surface area contributed by atoms with E-state index < -0.39 is 8.07 Å². The lowest BCUT2D eigenvalue weighted by Gasteiger charge is -2.31. The van der Waals surface area contributed by atoms with Crippen LogP contribution in [0.1, 0.15) is 13.8 Å². The zero-order valence-electron chi connectivity index (χ0n) is 10.9. The first kappa shape index (κ1) is 12.7. The Kier molecular flexibility index (Phi) is 3.69. The maximum Gasteiger partial charge on any atom is 0.201 e. The number of hydrogen-bond acceptors (Lipinski definition) is 0. The molecule has 0 N–H and O–H groups in total. The Balaban J connectivity index is 2.67. The third-order valence-corrected chi connectivity index (χ3v) is 8.23. The molecule has 18 heavy (non-hydrogen) atoms. The van der Waals surface area contributed by atoms with Gasteiger partial charge in [-0.1, -0.05) is 74.5 Å². The number of rotatable bonds is 3. The van der Waals surface area contributed by atoms with E-state index in [-0.39, 0.29) is 0 Å². The Hall–Kier alpha value is -1.78. The summed E-state index contributed by atoms with van der Waals surface area (Å²) in [6.07, 6.45) is 5.98. The zero-order chi connectivity index (χ0) is 13.0. The van der Waals surface area contributed by atoms with Crippen LogP contribution < -0.4 is 10.4 Å². The molecule has 0 fully saturated rings. The molecule has 0 amide bonds. The highest BCUT2D eigenvalue weighted by atomic mass is 28.3. The van der Waals surface area contributed by atoms with E-state index in [0.717, 1.165) is 0 Å². The largest absolute Gasteiger partial charge is 0.201 e. The molecular weight excluding hydrogens is 232 g/mol. The van der Waals surface area contributed by atoms with Crippen molar-refractivity contribution in [3.8, 4) is 12.0 Å². The molecule has 0 aromatic heterocycles. The summed E-state index contributed by atoms with van der Waals surface area (Å²) in [5, 5.41) is 2.66. The van der Waals surface area contributed by atoms with Gasteiger partial charge in [0.25, 0.3) is 0 Å². The molecule has 0 atom stereocenters. The minimum absolute atomic E-state index is 0.479. The predicted octanol–water partition coefficient (Wildman–Crippen LogP) is 2.83. The van der Waals surface area contributed by atoms with Crippen LogP contribution in [-0.2, 0) is 0 Å². The Morgan fingerprint density at radius 3 is 1.50 bits per heavy atom. The van der Waals surface area contributed by atoms with Gasteiger partial charge in [0.2, 0.25) is 8.07 Å². The zero-order valence-corrected chi connectivity index (χ0v) is 11.9. The van der Waals surface area contributed by atoms with Crippen molar-refractivity contribution in [2.75, 3.05) is 0 Å². The van der Waals surface area contributed by atoms with Crippen molar-refractivity contribution in [3.63, 3.8) is 0 Å². The lowest BCUT2D eigenvalue weighted by atomic mass is 10.4. The van der Waals surface area contributed by atoms with Gasteiger partial charge in [-0.25, -0.2) is 0 Å². The summed E-state index contributed by atoms with van der Waals surface area (Å²) in [5.41, 5.74) is 3.67. The van der Waals surface area contributed by atoms with Gasteiger partial charge in [0.05, 0.1) is 0 Å². The van der Waals surface area contributed by atoms with E-state index in [1.807, 2.05) is 12.1 Å². The number of hydrogen-bond donors (Lipinski definition) is 0. The van der Waals surface area contributed by atoms with Gasteiger partial charge in [0.15, 0.2) is 0 Å². The fraction of sp³-hybridized carbons (Fsp3) is 0.176. The molecule has 0 heterocycles. The minimum Gasteiger partial charge on any atom is -0.126 e. The molecule has 1 heteroatoms. The quantitative estimate of drug-likeness (QED) is 0.580. The first-order valence-electron chi connectivity index (χ1n) is 6.30. The summed E-state index contributed by atoms with van der Waals surface area (Å²) < 4.78 is 0. The van der Waals surface area contributed by atoms with Crippen LogP contribution in [0.25, 0.3) is 0 Å². The molecule has 0 aliphatic heterocycles. The maximum atomic E-state index is 5.98. The van der Waals surface area contributed by atoms with E-state index in [4.69, 9.17) is 6.42 Å². The molecule has 0 nitrogen and oxygen atoms in total. The van der Waals surface area contributed by atoms with Crippen LogP contribution in [0.2, 0.25) is 5.54 Å². The highest BCUT2D eigenvalue weighted by Crippen LogP contribution is 2.20. The monoisotopic (exact) mass is 250 g/mol. The SMILES string of the molecule is C#C[Si](c1ccccc1)(c1ccccc1)C(C)C. The van der Waals surface area contributed by atoms with Crippen LogP contribution in [0, 0.1) is 12.0 Å². The standard InChI is InChI=1S/C17H18Si/c1-4-18(15(2)3,16-11-7-5-8-12-16)17-13-9-6-10-14-17/h1,5-15H,2-3H3. The van der Waals surface area contributed by atoms with Gasteiger partial charge in [-0.2, -0.15) is 0 Å². The summed E-state index contributed by atoms with van der Waals surface area (Å²) in [4.78, 5) is 0. The first-order chi connectivity index (χ1) is 8.71. The average Bonchev–Trinajstić information content (AvgIpc) is 2.42. The van der Waals surface area contributed by atoms with Gasteiger partial charge in [-0.05, 0) is 15.9 Å². The summed E-state index contributed by atoms with van der Waals surface area (Å²) in [5.74, 6) is 0. The van der Waals surface area contributed by atoms with Gasteiger partial charge >= 0.3 is 0 Å². The summed E-state index contributed by atoms with van der Waals surface area (Å²) in [7, 11) is -2.07. The van der Waals surface area contributed by atoms with Crippen LogP contribution >= 0.6 is 0 Å². The van der Waals surface area contributed by atoms with Gasteiger partial charge in [0.1, 0.15) is 0 Å². The molecule has 2 rings (SSSR count). The summed E-state index contributed by atoms with van der Waals surface area (Å²) in [6.45, 7) is 4.48. The van der Waals surface area contributed by atoms with Crippen LogP contribution in [-0.4, -0.2) is 8.07 Å². The second-order valence-electron chi connectivity index (χ2n) is 4.84. The third kappa shape index (κ3) is 2.00. The molecule has 90 valence electrons.